The predicted molar refractivity (Wildman–Crippen MR) is 134 cm³/mol. The molecular formula is C27H36N4O4. The van der Waals surface area contributed by atoms with Gasteiger partial charge in [0.05, 0.1) is 18.9 Å². The third-order valence-electron chi connectivity index (χ3n) is 6.39. The van der Waals surface area contributed by atoms with Crippen LogP contribution in [0.5, 0.6) is 5.75 Å². The van der Waals surface area contributed by atoms with Crippen molar-refractivity contribution in [3.63, 3.8) is 0 Å². The lowest BCUT2D eigenvalue weighted by molar-refractivity contribution is -0.127. The van der Waals surface area contributed by atoms with E-state index in [0.29, 0.717) is 24.3 Å². The van der Waals surface area contributed by atoms with Crippen molar-refractivity contribution in [3.8, 4) is 11.8 Å². The van der Waals surface area contributed by atoms with Gasteiger partial charge in [0.2, 0.25) is 11.8 Å². The van der Waals surface area contributed by atoms with Gasteiger partial charge in [0, 0.05) is 34.7 Å². The van der Waals surface area contributed by atoms with Gasteiger partial charge in [0.1, 0.15) is 11.8 Å². The van der Waals surface area contributed by atoms with Crippen LogP contribution in [0.1, 0.15) is 70.8 Å². The molecule has 3 rings (SSSR count). The van der Waals surface area contributed by atoms with Gasteiger partial charge in [0.15, 0.2) is 5.78 Å². The highest BCUT2D eigenvalue weighted by Crippen LogP contribution is 2.31. The average Bonchev–Trinajstić information content (AvgIpc) is 3.31. The third-order valence-corrected chi connectivity index (χ3v) is 6.39. The first-order valence-electron chi connectivity index (χ1n) is 12.0. The number of nitrogens with one attached hydrogen (secondary N) is 3. The molecule has 3 atom stereocenters. The smallest absolute Gasteiger partial charge is 0.224 e. The quantitative estimate of drug-likeness (QED) is 0.466. The zero-order valence-electron chi connectivity index (χ0n) is 21.5. The number of hydrogen-bond acceptors (Lipinski definition) is 5. The summed E-state index contributed by atoms with van der Waals surface area (Å²) in [4.78, 5) is 41.9. The second-order valence-electron chi connectivity index (χ2n) is 11.4. The van der Waals surface area contributed by atoms with Crippen molar-refractivity contribution in [2.24, 2.45) is 17.3 Å². The number of Topliss-reactive ketones (excluding diaryl/α,β-unsaturated/α-hetero) is 1. The summed E-state index contributed by atoms with van der Waals surface area (Å²) < 4.78 is 5.38. The van der Waals surface area contributed by atoms with Crippen LogP contribution >= 0.6 is 0 Å². The summed E-state index contributed by atoms with van der Waals surface area (Å²) in [5, 5.41) is 16.2. The highest BCUT2D eigenvalue weighted by atomic mass is 16.5. The summed E-state index contributed by atoms with van der Waals surface area (Å²) in [5.74, 6) is -0.901. The van der Waals surface area contributed by atoms with Crippen molar-refractivity contribution in [1.29, 1.82) is 5.26 Å². The Labute approximate surface area is 206 Å². The van der Waals surface area contributed by atoms with Crippen LogP contribution in [0.15, 0.2) is 24.3 Å². The molecule has 188 valence electrons. The second-order valence-corrected chi connectivity index (χ2v) is 11.4. The minimum atomic E-state index is -0.804. The number of aromatic nitrogens is 1. The fraction of sp³-hybridized carbons (Fsp3) is 0.556. The monoisotopic (exact) mass is 480 g/mol. The Balaban J connectivity index is 1.74. The Morgan fingerprint density at radius 3 is 2.60 bits per heavy atom. The molecule has 2 heterocycles. The topological polar surface area (TPSA) is 124 Å². The summed E-state index contributed by atoms with van der Waals surface area (Å²) >= 11 is 0. The van der Waals surface area contributed by atoms with Gasteiger partial charge in [-0.1, -0.05) is 26.8 Å². The number of carbonyl (C=O) groups is 3. The predicted octanol–water partition coefficient (Wildman–Crippen LogP) is 4.11. The van der Waals surface area contributed by atoms with Crippen LogP contribution in [0, 0.1) is 28.6 Å². The molecule has 2 unspecified atom stereocenters. The Morgan fingerprint density at radius 2 is 2.03 bits per heavy atom. The molecule has 3 N–H and O–H groups in total. The molecular weight excluding hydrogens is 444 g/mol. The minimum absolute atomic E-state index is 0.00728. The maximum Gasteiger partial charge on any atom is 0.224 e. The number of ketones is 1. The van der Waals surface area contributed by atoms with E-state index in [1.165, 1.54) is 0 Å². The summed E-state index contributed by atoms with van der Waals surface area (Å²) in [6.45, 7) is 9.92. The SMILES string of the molecule is COc1cccc2[nH]c(C(=O)C[C@@H](CC(C)(C)C)C(=O)NC(C#N)CC3CC(C)(C)NC3=O)cc12. The van der Waals surface area contributed by atoms with Crippen LogP contribution in [0.4, 0.5) is 0 Å². The first-order chi connectivity index (χ1) is 16.3. The molecule has 0 radical (unpaired) electrons. The third kappa shape index (κ3) is 6.62. The molecule has 1 saturated heterocycles. The number of fused-ring (bicyclic) bond motifs is 1. The van der Waals surface area contributed by atoms with Gasteiger partial charge in [-0.2, -0.15) is 5.26 Å². The van der Waals surface area contributed by atoms with Crippen molar-refractivity contribution < 1.29 is 19.1 Å². The van der Waals surface area contributed by atoms with Gasteiger partial charge in [-0.3, -0.25) is 14.4 Å². The number of ether oxygens (including phenoxy) is 1. The maximum atomic E-state index is 13.3. The first kappa shape index (κ1) is 26.3. The molecule has 0 bridgehead atoms. The van der Waals surface area contributed by atoms with E-state index in [1.807, 2.05) is 52.8 Å². The summed E-state index contributed by atoms with van der Waals surface area (Å²) in [5.41, 5.74) is 0.670. The van der Waals surface area contributed by atoms with E-state index in [4.69, 9.17) is 4.74 Å². The van der Waals surface area contributed by atoms with Crippen LogP contribution in [0.25, 0.3) is 10.9 Å². The number of carbonyl (C=O) groups excluding carboxylic acids is 3. The molecule has 1 aromatic carbocycles. The molecule has 2 amide bonds. The van der Waals surface area contributed by atoms with Gasteiger partial charge in [-0.15, -0.1) is 0 Å². The second kappa shape index (κ2) is 10.1. The Morgan fingerprint density at radius 1 is 1.31 bits per heavy atom. The van der Waals surface area contributed by atoms with Gasteiger partial charge in [-0.25, -0.2) is 0 Å². The molecule has 8 nitrogen and oxygen atoms in total. The fourth-order valence-electron chi connectivity index (χ4n) is 4.89. The maximum absolute atomic E-state index is 13.3. The average molecular weight is 481 g/mol. The van der Waals surface area contributed by atoms with Crippen LogP contribution in [-0.4, -0.2) is 41.3 Å². The number of methoxy groups -OCH3 is 1. The van der Waals surface area contributed by atoms with Crippen LogP contribution in [-0.2, 0) is 9.59 Å². The Bertz CT molecular complexity index is 1150. The number of rotatable bonds is 9. The van der Waals surface area contributed by atoms with Crippen LogP contribution in [0.2, 0.25) is 0 Å². The summed E-state index contributed by atoms with van der Waals surface area (Å²) in [7, 11) is 1.58. The number of amides is 2. The number of aromatic amines is 1. The van der Waals surface area contributed by atoms with E-state index in [1.54, 1.807) is 13.2 Å². The molecule has 1 fully saturated rings. The Hall–Kier alpha value is -3.34. The lowest BCUT2D eigenvalue weighted by Crippen LogP contribution is -2.41. The van der Waals surface area contributed by atoms with Crippen LogP contribution < -0.4 is 15.4 Å². The molecule has 1 aliphatic rings. The number of nitrogens with zero attached hydrogens (tertiary/aromatic N) is 1. The highest BCUT2D eigenvalue weighted by molar-refractivity contribution is 6.02. The molecule has 0 saturated carbocycles. The number of H-pyrrole nitrogens is 1. The van der Waals surface area contributed by atoms with Crippen LogP contribution in [0.3, 0.4) is 0 Å². The van der Waals surface area contributed by atoms with E-state index in [-0.39, 0.29) is 47.3 Å². The molecule has 35 heavy (non-hydrogen) atoms. The molecule has 8 heteroatoms. The zero-order valence-corrected chi connectivity index (χ0v) is 21.5. The molecule has 0 spiro atoms. The fourth-order valence-corrected chi connectivity index (χ4v) is 4.89. The van der Waals surface area contributed by atoms with Crippen molar-refractivity contribution >= 4 is 28.5 Å². The number of benzene rings is 1. The largest absolute Gasteiger partial charge is 0.496 e. The summed E-state index contributed by atoms with van der Waals surface area (Å²) in [6.07, 6.45) is 1.33. The number of hydrogen-bond donors (Lipinski definition) is 3. The van der Waals surface area contributed by atoms with E-state index >= 15 is 0 Å². The van der Waals surface area contributed by atoms with Crippen molar-refractivity contribution in [3.05, 3.63) is 30.0 Å². The summed E-state index contributed by atoms with van der Waals surface area (Å²) in [6, 6.07) is 8.61. The van der Waals surface area contributed by atoms with Crippen molar-refractivity contribution in [1.82, 2.24) is 15.6 Å². The molecule has 1 aromatic heterocycles. The molecule has 0 aliphatic carbocycles. The van der Waals surface area contributed by atoms with Gasteiger partial charge in [0.25, 0.3) is 0 Å². The molecule has 2 aromatic rings. The van der Waals surface area contributed by atoms with Gasteiger partial charge in [-0.05, 0) is 56.7 Å². The standard InChI is InChI=1S/C27H36N4O4/c1-26(2,3)13-17(11-22(32)21-12-19-20(30-21)8-7-9-23(19)35-6)24(33)29-18(15-28)10-16-14-27(4,5)31-25(16)34/h7-9,12,16-18,30H,10-11,13-14H2,1-6H3,(H,29,33)(H,31,34)/t16?,17-,18?/m0/s1. The van der Waals surface area contributed by atoms with E-state index in [0.717, 1.165) is 10.9 Å². The van der Waals surface area contributed by atoms with E-state index in [2.05, 4.69) is 21.7 Å². The molecule has 1 aliphatic heterocycles. The normalized spacial score (nSPS) is 19.0. The zero-order chi connectivity index (χ0) is 26.0. The van der Waals surface area contributed by atoms with Crippen molar-refractivity contribution in [2.45, 2.75) is 71.9 Å². The Kier molecular flexibility index (Phi) is 7.59. The van der Waals surface area contributed by atoms with Gasteiger partial charge < -0.3 is 20.4 Å². The highest BCUT2D eigenvalue weighted by Gasteiger charge is 2.39. The van der Waals surface area contributed by atoms with Crippen molar-refractivity contribution in [2.75, 3.05) is 7.11 Å². The lowest BCUT2D eigenvalue weighted by Gasteiger charge is -2.26. The van der Waals surface area contributed by atoms with E-state index in [9.17, 15) is 19.6 Å². The lowest BCUT2D eigenvalue weighted by atomic mass is 9.81. The van der Waals surface area contributed by atoms with Gasteiger partial charge >= 0.3 is 0 Å². The minimum Gasteiger partial charge on any atom is -0.496 e. The first-order valence-corrected chi connectivity index (χ1v) is 12.0. The number of nitriles is 1. The van der Waals surface area contributed by atoms with E-state index < -0.39 is 12.0 Å².